The minimum Gasteiger partial charge on any atom is -0.503 e. The van der Waals surface area contributed by atoms with Gasteiger partial charge in [-0.05, 0) is 60.2 Å². The third kappa shape index (κ3) is 6.09. The molecule has 5 aromatic carbocycles. The monoisotopic (exact) mass is 559 g/mol. The van der Waals surface area contributed by atoms with E-state index < -0.39 is 13.2 Å². The molecule has 204 valence electrons. The van der Waals surface area contributed by atoms with Crippen LogP contribution in [0.5, 0.6) is 11.5 Å². The van der Waals surface area contributed by atoms with Gasteiger partial charge in [-0.2, -0.15) is 0 Å². The molecule has 0 unspecified atom stereocenters. The summed E-state index contributed by atoms with van der Waals surface area (Å²) in [6.45, 7) is 0. The summed E-state index contributed by atoms with van der Waals surface area (Å²) in [5, 5.41) is 3.96. The number of carbonyl (C=O) groups excluding carboxylic acids is 1. The van der Waals surface area contributed by atoms with Crippen molar-refractivity contribution in [1.82, 2.24) is 0 Å². The number of hydrogen-bond donors (Lipinski definition) is 0. The Hall–Kier alpha value is -4.66. The van der Waals surface area contributed by atoms with Gasteiger partial charge in [0, 0.05) is 5.56 Å². The van der Waals surface area contributed by atoms with Crippen LogP contribution in [0.15, 0.2) is 146 Å². The van der Waals surface area contributed by atoms with Gasteiger partial charge in [-0.25, -0.2) is 4.79 Å². The van der Waals surface area contributed by atoms with E-state index in [1.54, 1.807) is 0 Å². The molecule has 0 aliphatic rings. The van der Waals surface area contributed by atoms with Crippen LogP contribution in [-0.4, -0.2) is 20.2 Å². The molecule has 4 nitrogen and oxygen atoms in total. The second-order valence-corrected chi connectivity index (χ2v) is 13.0. The lowest BCUT2D eigenvalue weighted by Gasteiger charge is -2.28. The lowest BCUT2D eigenvalue weighted by atomic mass is 10.1. The van der Waals surface area contributed by atoms with E-state index in [2.05, 4.69) is 103 Å². The average molecular weight is 560 g/mol. The Labute approximate surface area is 242 Å². The van der Waals surface area contributed by atoms with E-state index in [-0.39, 0.29) is 5.57 Å². The molecule has 0 fully saturated rings. The number of methoxy groups -OCH3 is 2. The van der Waals surface area contributed by atoms with Crippen LogP contribution in [0.1, 0.15) is 11.1 Å². The molecule has 0 spiro atoms. The zero-order chi connectivity index (χ0) is 28.5. The highest BCUT2D eigenvalue weighted by molar-refractivity contribution is 7.95. The van der Waals surface area contributed by atoms with E-state index in [0.717, 1.165) is 11.7 Å². The topological polar surface area (TPSA) is 44.8 Å². The van der Waals surface area contributed by atoms with Crippen LogP contribution in [0, 0.1) is 0 Å². The van der Waals surface area contributed by atoms with Crippen LogP contribution in [0.4, 0.5) is 0 Å². The minimum absolute atomic E-state index is 0.281. The largest absolute Gasteiger partial charge is 0.503 e. The molecule has 41 heavy (non-hydrogen) atoms. The quantitative estimate of drug-likeness (QED) is 0.0790. The maximum absolute atomic E-state index is 12.5. The highest BCUT2D eigenvalue weighted by Gasteiger charge is 2.45. The first-order valence-corrected chi connectivity index (χ1v) is 15.4. The summed E-state index contributed by atoms with van der Waals surface area (Å²) < 4.78 is 16.6. The van der Waals surface area contributed by atoms with Crippen molar-refractivity contribution >= 4 is 34.7 Å². The summed E-state index contributed by atoms with van der Waals surface area (Å²) in [7, 11) is 0.774. The van der Waals surface area contributed by atoms with Crippen molar-refractivity contribution in [2.45, 2.75) is 6.16 Å². The molecule has 0 saturated carbocycles. The summed E-state index contributed by atoms with van der Waals surface area (Å²) >= 11 is 0. The van der Waals surface area contributed by atoms with Gasteiger partial charge < -0.3 is 14.2 Å². The van der Waals surface area contributed by atoms with E-state index >= 15 is 0 Å². The van der Waals surface area contributed by atoms with E-state index in [9.17, 15) is 4.79 Å². The Morgan fingerprint density at radius 1 is 0.659 bits per heavy atom. The first kappa shape index (κ1) is 27.9. The predicted molar refractivity (Wildman–Crippen MR) is 169 cm³/mol. The second kappa shape index (κ2) is 13.1. The number of carbonyl (C=O) groups is 1. The van der Waals surface area contributed by atoms with Gasteiger partial charge in [-0.1, -0.05) is 84.9 Å². The van der Waals surface area contributed by atoms with Gasteiger partial charge in [0.25, 0.3) is 0 Å². The number of esters is 1. The molecule has 0 atom stereocenters. The standard InChI is InChI=1S/C36H32O4P/c1-38-26-34(36(37)39-2)33-23-12-13-24-35(33)40-29-16-14-15-28(25-29)27-41(30-17-6-3-7-18-30,31-19-8-4-9-20-31)32-21-10-5-11-22-32/h3-26H,27H2,1-2H3/q+1. The molecule has 0 aliphatic heterocycles. The highest BCUT2D eigenvalue weighted by Crippen LogP contribution is 2.58. The van der Waals surface area contributed by atoms with E-state index in [4.69, 9.17) is 14.2 Å². The van der Waals surface area contributed by atoms with Gasteiger partial charge in [0.05, 0.1) is 26.6 Å². The summed E-state index contributed by atoms with van der Waals surface area (Å²) in [6, 6.07) is 48.1. The van der Waals surface area contributed by atoms with E-state index in [0.29, 0.717) is 17.1 Å². The minimum atomic E-state index is -2.07. The normalized spacial score (nSPS) is 11.5. The summed E-state index contributed by atoms with van der Waals surface area (Å²) in [5.74, 6) is 0.720. The van der Waals surface area contributed by atoms with Gasteiger partial charge in [0.1, 0.15) is 40.2 Å². The molecule has 0 amide bonds. The zero-order valence-electron chi connectivity index (χ0n) is 23.1. The number of rotatable bonds is 10. The molecular weight excluding hydrogens is 527 g/mol. The van der Waals surface area contributed by atoms with E-state index in [1.807, 2.05) is 36.4 Å². The van der Waals surface area contributed by atoms with Gasteiger partial charge in [-0.15, -0.1) is 0 Å². The maximum atomic E-state index is 12.5. The van der Waals surface area contributed by atoms with Crippen molar-refractivity contribution in [3.8, 4) is 11.5 Å². The average Bonchev–Trinajstić information content (AvgIpc) is 3.04. The fraction of sp³-hybridized carbons (Fsp3) is 0.0833. The van der Waals surface area contributed by atoms with Crippen molar-refractivity contribution in [3.63, 3.8) is 0 Å². The Morgan fingerprint density at radius 2 is 1.20 bits per heavy atom. The second-order valence-electron chi connectivity index (χ2n) is 9.48. The molecule has 5 aromatic rings. The zero-order valence-corrected chi connectivity index (χ0v) is 24.0. The van der Waals surface area contributed by atoms with Crippen LogP contribution in [0.25, 0.3) is 5.57 Å². The predicted octanol–water partition coefficient (Wildman–Crippen LogP) is 7.13. The maximum Gasteiger partial charge on any atom is 0.341 e. The van der Waals surface area contributed by atoms with Crippen molar-refractivity contribution < 1.29 is 19.0 Å². The molecular formula is C36H32O4P+. The van der Waals surface area contributed by atoms with Gasteiger partial charge in [0.15, 0.2) is 0 Å². The molecule has 0 bridgehead atoms. The first-order chi connectivity index (χ1) is 20.2. The van der Waals surface area contributed by atoms with Crippen LogP contribution in [0.3, 0.4) is 0 Å². The lowest BCUT2D eigenvalue weighted by Crippen LogP contribution is -2.32. The molecule has 0 N–H and O–H groups in total. The first-order valence-electron chi connectivity index (χ1n) is 13.4. The van der Waals surface area contributed by atoms with Crippen LogP contribution in [-0.2, 0) is 20.4 Å². The van der Waals surface area contributed by atoms with Crippen LogP contribution < -0.4 is 20.7 Å². The number of hydrogen-bond acceptors (Lipinski definition) is 4. The third-order valence-electron chi connectivity index (χ3n) is 6.96. The van der Waals surface area contributed by atoms with Crippen LogP contribution in [0.2, 0.25) is 0 Å². The molecule has 5 rings (SSSR count). The SMILES string of the molecule is COC=C(C(=O)OC)c1ccccc1Oc1cccc(C[P+](c2ccccc2)(c2ccccc2)c2ccccc2)c1. The molecule has 0 saturated heterocycles. The molecule has 0 heterocycles. The smallest absolute Gasteiger partial charge is 0.341 e. The Morgan fingerprint density at radius 3 is 1.73 bits per heavy atom. The third-order valence-corrected chi connectivity index (χ3v) is 11.3. The number of para-hydroxylation sites is 1. The van der Waals surface area contributed by atoms with Crippen molar-refractivity contribution in [2.75, 3.05) is 14.2 Å². The Bertz CT molecular complexity index is 1520. The van der Waals surface area contributed by atoms with Gasteiger partial charge in [-0.3, -0.25) is 0 Å². The molecule has 0 radical (unpaired) electrons. The van der Waals surface area contributed by atoms with E-state index in [1.165, 1.54) is 36.4 Å². The highest BCUT2D eigenvalue weighted by atomic mass is 31.2. The van der Waals surface area contributed by atoms with Crippen molar-refractivity contribution in [1.29, 1.82) is 0 Å². The summed E-state index contributed by atoms with van der Waals surface area (Å²) in [6.07, 6.45) is 2.20. The Kier molecular flexibility index (Phi) is 8.93. The van der Waals surface area contributed by atoms with Gasteiger partial charge in [0.2, 0.25) is 0 Å². The van der Waals surface area contributed by atoms with Crippen molar-refractivity contribution in [2.24, 2.45) is 0 Å². The molecule has 0 aromatic heterocycles. The molecule has 5 heteroatoms. The number of benzene rings is 5. The fourth-order valence-corrected chi connectivity index (χ4v) is 9.33. The lowest BCUT2D eigenvalue weighted by molar-refractivity contribution is -0.133. The van der Waals surface area contributed by atoms with Gasteiger partial charge >= 0.3 is 5.97 Å². The number of ether oxygens (including phenoxy) is 3. The Balaban J connectivity index is 1.58. The van der Waals surface area contributed by atoms with Crippen LogP contribution >= 0.6 is 7.26 Å². The fourth-order valence-electron chi connectivity index (χ4n) is 5.10. The van der Waals surface area contributed by atoms with Crippen molar-refractivity contribution in [3.05, 3.63) is 157 Å². The molecule has 0 aliphatic carbocycles. The summed E-state index contributed by atoms with van der Waals surface area (Å²) in [4.78, 5) is 12.5. The summed E-state index contributed by atoms with van der Waals surface area (Å²) in [5.41, 5.74) is 2.03.